The Morgan fingerprint density at radius 2 is 1.62 bits per heavy atom. The van der Waals surface area contributed by atoms with Crippen molar-refractivity contribution in [2.24, 2.45) is 0 Å². The Morgan fingerprint density at radius 1 is 1.03 bits per heavy atom. The molecule has 0 saturated carbocycles. The van der Waals surface area contributed by atoms with Crippen LogP contribution < -0.4 is 20.3 Å². The first-order chi connectivity index (χ1) is 15.5. The molecule has 8 heteroatoms. The maximum atomic E-state index is 10.9. The molecule has 0 saturated heterocycles. The van der Waals surface area contributed by atoms with Crippen LogP contribution in [0.3, 0.4) is 0 Å². The first-order valence-electron chi connectivity index (χ1n) is 10.5. The van der Waals surface area contributed by atoms with Gasteiger partial charge < -0.3 is 24.4 Å². The highest BCUT2D eigenvalue weighted by Crippen LogP contribution is 2.28. The fourth-order valence-corrected chi connectivity index (χ4v) is 2.33. The molecule has 0 amide bonds. The Balaban J connectivity index is 0.000000520. The highest BCUT2D eigenvalue weighted by atomic mass is 16.5. The summed E-state index contributed by atoms with van der Waals surface area (Å²) in [6.45, 7) is 10.3. The molecule has 0 aliphatic heterocycles. The van der Waals surface area contributed by atoms with Gasteiger partial charge in [-0.15, -0.1) is 0 Å². The van der Waals surface area contributed by atoms with Gasteiger partial charge in [-0.25, -0.2) is 0 Å². The van der Waals surface area contributed by atoms with Crippen LogP contribution in [0.1, 0.15) is 34.6 Å². The van der Waals surface area contributed by atoms with Crippen LogP contribution in [0.15, 0.2) is 63.9 Å². The zero-order valence-electron chi connectivity index (χ0n) is 19.6. The lowest BCUT2D eigenvalue weighted by molar-refractivity contribution is -0.134. The number of para-hydroxylation sites is 3. The second-order valence-corrected chi connectivity index (χ2v) is 5.45. The van der Waals surface area contributed by atoms with Crippen LogP contribution in [0.25, 0.3) is 11.3 Å². The van der Waals surface area contributed by atoms with E-state index < -0.39 is 5.97 Å². The fraction of sp³-hybridized carbons (Fsp3) is 0.333. The SMILES string of the molecule is CC.CC.CCOc1ccccc1NCC(=O)O.COc1ccccc1-c1cc(=O)[nH]o1. The summed E-state index contributed by atoms with van der Waals surface area (Å²) in [6.07, 6.45) is 0. The first-order valence-corrected chi connectivity index (χ1v) is 10.5. The normalized spacial score (nSPS) is 8.94. The van der Waals surface area contributed by atoms with Crippen molar-refractivity contribution in [3.8, 4) is 22.8 Å². The molecule has 0 spiro atoms. The second kappa shape index (κ2) is 17.0. The Labute approximate surface area is 189 Å². The molecular formula is C24H34N2O6. The van der Waals surface area contributed by atoms with Crippen LogP contribution in [0, 0.1) is 0 Å². The van der Waals surface area contributed by atoms with Crippen molar-refractivity contribution in [3.05, 3.63) is 65.0 Å². The van der Waals surface area contributed by atoms with E-state index in [9.17, 15) is 9.59 Å². The standard InChI is InChI=1S/C10H9NO3.C10H13NO3.2C2H6/c1-13-8-5-3-2-4-7(8)9-6-10(12)11-14-9;1-2-14-9-6-4-3-5-8(9)11-7-10(12)13;2*1-2/h2-6H,1H3,(H,11,12);3-6,11H,2,7H2,1H3,(H,12,13);2*1-2H3. The van der Waals surface area contributed by atoms with Crippen LogP contribution in [-0.2, 0) is 4.79 Å². The molecule has 3 N–H and O–H groups in total. The van der Waals surface area contributed by atoms with E-state index in [-0.39, 0.29) is 12.1 Å². The zero-order chi connectivity index (χ0) is 24.4. The smallest absolute Gasteiger partial charge is 0.322 e. The Kier molecular flexibility index (Phi) is 15.1. The lowest BCUT2D eigenvalue weighted by atomic mass is 10.1. The molecule has 0 bridgehead atoms. The third-order valence-electron chi connectivity index (χ3n) is 3.51. The first kappa shape index (κ1) is 28.3. The number of nitrogens with one attached hydrogen (secondary N) is 2. The van der Waals surface area contributed by atoms with Gasteiger partial charge in [-0.3, -0.25) is 9.59 Å². The van der Waals surface area contributed by atoms with Gasteiger partial charge in [-0.05, 0) is 31.2 Å². The van der Waals surface area contributed by atoms with Gasteiger partial charge in [-0.2, -0.15) is 5.16 Å². The number of carbonyl (C=O) groups is 1. The Hall–Kier alpha value is -3.68. The van der Waals surface area contributed by atoms with Gasteiger partial charge in [0.05, 0.1) is 31.0 Å². The molecule has 2 aromatic carbocycles. The number of hydrogen-bond acceptors (Lipinski definition) is 6. The van der Waals surface area contributed by atoms with Gasteiger partial charge in [0, 0.05) is 0 Å². The number of aromatic nitrogens is 1. The van der Waals surface area contributed by atoms with Gasteiger partial charge in [0.25, 0.3) is 5.56 Å². The summed E-state index contributed by atoms with van der Waals surface area (Å²) in [6, 6.07) is 16.0. The minimum Gasteiger partial charge on any atom is -0.496 e. The Bertz CT molecular complexity index is 949. The topological polar surface area (TPSA) is 114 Å². The van der Waals surface area contributed by atoms with Gasteiger partial charge in [0.15, 0.2) is 5.76 Å². The molecule has 0 aliphatic carbocycles. The summed E-state index contributed by atoms with van der Waals surface area (Å²) >= 11 is 0. The summed E-state index contributed by atoms with van der Waals surface area (Å²) in [7, 11) is 1.57. The lowest BCUT2D eigenvalue weighted by Gasteiger charge is -2.10. The van der Waals surface area contributed by atoms with E-state index in [0.717, 1.165) is 5.56 Å². The zero-order valence-corrected chi connectivity index (χ0v) is 19.6. The predicted octanol–water partition coefficient (Wildman–Crippen LogP) is 5.28. The number of hydrogen-bond donors (Lipinski definition) is 3. The predicted molar refractivity (Wildman–Crippen MR) is 128 cm³/mol. The van der Waals surface area contributed by atoms with Crippen LogP contribution in [0.2, 0.25) is 0 Å². The number of ether oxygens (including phenoxy) is 2. The average Bonchev–Trinajstić information content (AvgIpc) is 3.27. The quantitative estimate of drug-likeness (QED) is 0.452. The van der Waals surface area contributed by atoms with E-state index in [2.05, 4.69) is 10.5 Å². The number of carboxylic acid groups (broad SMARTS) is 1. The number of carboxylic acids is 1. The van der Waals surface area contributed by atoms with E-state index in [1.54, 1.807) is 19.2 Å². The fourth-order valence-electron chi connectivity index (χ4n) is 2.33. The monoisotopic (exact) mass is 446 g/mol. The third-order valence-corrected chi connectivity index (χ3v) is 3.51. The molecule has 176 valence electrons. The van der Waals surface area contributed by atoms with Crippen molar-refractivity contribution >= 4 is 11.7 Å². The summed E-state index contributed by atoms with van der Waals surface area (Å²) in [5.41, 5.74) is 1.20. The molecule has 1 aromatic heterocycles. The van der Waals surface area contributed by atoms with Crippen molar-refractivity contribution < 1.29 is 23.9 Å². The highest BCUT2D eigenvalue weighted by Gasteiger charge is 2.08. The molecule has 0 aliphatic rings. The van der Waals surface area contributed by atoms with Crippen molar-refractivity contribution in [2.75, 3.05) is 25.6 Å². The molecule has 3 aromatic rings. The van der Waals surface area contributed by atoms with Crippen LogP contribution in [-0.4, -0.2) is 36.5 Å². The van der Waals surface area contributed by atoms with Crippen molar-refractivity contribution in [1.29, 1.82) is 0 Å². The number of H-pyrrole nitrogens is 1. The molecule has 3 rings (SSSR count). The van der Waals surface area contributed by atoms with Gasteiger partial charge >= 0.3 is 5.97 Å². The van der Waals surface area contributed by atoms with E-state index in [1.165, 1.54) is 6.07 Å². The summed E-state index contributed by atoms with van der Waals surface area (Å²) in [5.74, 6) is 0.940. The lowest BCUT2D eigenvalue weighted by Crippen LogP contribution is -2.13. The molecule has 0 unspecified atom stereocenters. The number of methoxy groups -OCH3 is 1. The van der Waals surface area contributed by atoms with E-state index in [4.69, 9.17) is 19.1 Å². The Morgan fingerprint density at radius 3 is 2.16 bits per heavy atom. The van der Waals surface area contributed by atoms with Crippen molar-refractivity contribution in [2.45, 2.75) is 34.6 Å². The molecule has 1 heterocycles. The number of anilines is 1. The largest absolute Gasteiger partial charge is 0.496 e. The minimum atomic E-state index is -0.892. The van der Waals surface area contributed by atoms with Gasteiger partial charge in [-0.1, -0.05) is 52.0 Å². The molecule has 8 nitrogen and oxygen atoms in total. The van der Waals surface area contributed by atoms with Crippen molar-refractivity contribution in [1.82, 2.24) is 5.16 Å². The van der Waals surface area contributed by atoms with Crippen LogP contribution in [0.5, 0.6) is 11.5 Å². The van der Waals surface area contributed by atoms with E-state index >= 15 is 0 Å². The highest BCUT2D eigenvalue weighted by molar-refractivity contribution is 5.74. The number of aromatic amines is 1. The molecular weight excluding hydrogens is 412 g/mol. The van der Waals surface area contributed by atoms with Gasteiger partial charge in [0.2, 0.25) is 0 Å². The maximum absolute atomic E-state index is 10.9. The van der Waals surface area contributed by atoms with Crippen LogP contribution in [0.4, 0.5) is 5.69 Å². The average molecular weight is 447 g/mol. The molecule has 32 heavy (non-hydrogen) atoms. The second-order valence-electron chi connectivity index (χ2n) is 5.45. The number of benzene rings is 2. The summed E-state index contributed by atoms with van der Waals surface area (Å²) in [5, 5.41) is 13.5. The number of rotatable bonds is 7. The number of aliphatic carboxylic acids is 1. The third kappa shape index (κ3) is 9.88. The van der Waals surface area contributed by atoms with Crippen molar-refractivity contribution in [3.63, 3.8) is 0 Å². The van der Waals surface area contributed by atoms with E-state index in [1.807, 2.05) is 71.0 Å². The van der Waals surface area contributed by atoms with E-state index in [0.29, 0.717) is 29.6 Å². The summed E-state index contributed by atoms with van der Waals surface area (Å²) < 4.78 is 15.4. The maximum Gasteiger partial charge on any atom is 0.322 e. The molecule has 0 fully saturated rings. The van der Waals surface area contributed by atoms with Gasteiger partial charge in [0.1, 0.15) is 18.0 Å². The molecule has 0 atom stereocenters. The summed E-state index contributed by atoms with van der Waals surface area (Å²) in [4.78, 5) is 21.2. The van der Waals surface area contributed by atoms with Crippen LogP contribution >= 0.6 is 0 Å². The molecule has 0 radical (unpaired) electrons. The minimum absolute atomic E-state index is 0.107.